The number of carbonyl (C=O) groups excluding carboxylic acids is 2. The van der Waals surface area contributed by atoms with Gasteiger partial charge in [-0.15, -0.1) is 0 Å². The van der Waals surface area contributed by atoms with E-state index in [2.05, 4.69) is 5.32 Å². The highest BCUT2D eigenvalue weighted by molar-refractivity contribution is 5.73. The maximum atomic E-state index is 12.3. The molecule has 0 radical (unpaired) electrons. The van der Waals surface area contributed by atoms with Crippen LogP contribution >= 0.6 is 0 Å². The smallest absolute Gasteiger partial charge is 0.411 e. The van der Waals surface area contributed by atoms with E-state index in [1.54, 1.807) is 20.8 Å². The molecule has 21 heavy (non-hydrogen) atoms. The first-order valence-electron chi connectivity index (χ1n) is 7.20. The molecule has 0 unspecified atom stereocenters. The van der Waals surface area contributed by atoms with Crippen molar-refractivity contribution in [1.82, 2.24) is 10.2 Å². The number of rotatable bonds is 3. The van der Waals surface area contributed by atoms with Gasteiger partial charge in [-0.1, -0.05) is 6.92 Å². The molecule has 0 aromatic carbocycles. The van der Waals surface area contributed by atoms with Crippen molar-refractivity contribution in [3.05, 3.63) is 0 Å². The van der Waals surface area contributed by atoms with Crippen molar-refractivity contribution in [3.63, 3.8) is 0 Å². The van der Waals surface area contributed by atoms with Crippen molar-refractivity contribution in [2.45, 2.75) is 70.9 Å². The Morgan fingerprint density at radius 1 is 1.19 bits per heavy atom. The fourth-order valence-electron chi connectivity index (χ4n) is 2.52. The Balaban J connectivity index is 2.95. The number of amides is 2. The number of carbonyl (C=O) groups is 2. The van der Waals surface area contributed by atoms with Crippen molar-refractivity contribution in [2.75, 3.05) is 6.54 Å². The summed E-state index contributed by atoms with van der Waals surface area (Å²) in [6.45, 7) is 8.49. The number of likely N-dealkylation sites (tertiary alicyclic amines) is 1. The Morgan fingerprint density at radius 2 is 1.71 bits per heavy atom. The molecular formula is C14H26N2O5. The minimum atomic E-state index is -1.12. The lowest BCUT2D eigenvalue weighted by Gasteiger charge is -2.32. The number of nitrogens with one attached hydrogen (secondary N) is 1. The molecular weight excluding hydrogens is 276 g/mol. The van der Waals surface area contributed by atoms with E-state index in [9.17, 15) is 19.8 Å². The number of hydrogen-bond acceptors (Lipinski definition) is 5. The van der Waals surface area contributed by atoms with Gasteiger partial charge in [-0.3, -0.25) is 9.69 Å². The van der Waals surface area contributed by atoms with Gasteiger partial charge in [0.25, 0.3) is 0 Å². The maximum Gasteiger partial charge on any atom is 0.411 e. The molecule has 1 rings (SSSR count). The van der Waals surface area contributed by atoms with Gasteiger partial charge in [0, 0.05) is 13.5 Å². The van der Waals surface area contributed by atoms with Gasteiger partial charge in [0.05, 0.1) is 12.1 Å². The van der Waals surface area contributed by atoms with Gasteiger partial charge in [-0.2, -0.15) is 0 Å². The maximum absolute atomic E-state index is 12.3. The van der Waals surface area contributed by atoms with Crippen molar-refractivity contribution in [3.8, 4) is 0 Å². The molecule has 1 aliphatic heterocycles. The molecule has 0 aromatic heterocycles. The molecule has 0 saturated carbocycles. The Hall–Kier alpha value is -1.34. The van der Waals surface area contributed by atoms with Crippen LogP contribution in [-0.4, -0.2) is 63.6 Å². The van der Waals surface area contributed by atoms with E-state index in [-0.39, 0.29) is 12.5 Å². The van der Waals surface area contributed by atoms with Gasteiger partial charge in [-0.25, -0.2) is 4.79 Å². The first-order chi connectivity index (χ1) is 9.58. The monoisotopic (exact) mass is 302 g/mol. The van der Waals surface area contributed by atoms with Crippen molar-refractivity contribution in [2.24, 2.45) is 0 Å². The fourth-order valence-corrected chi connectivity index (χ4v) is 2.52. The number of ether oxygens (including phenoxy) is 1. The molecule has 1 saturated heterocycles. The van der Waals surface area contributed by atoms with Crippen LogP contribution < -0.4 is 5.32 Å². The van der Waals surface area contributed by atoms with Crippen LogP contribution in [0.4, 0.5) is 4.79 Å². The quantitative estimate of drug-likeness (QED) is 0.693. The SMILES string of the molecule is CC[C@@H]1[C@@H](O)[C@H](O)[C@@H](CNC(C)=O)N1C(=O)OC(C)(C)C. The van der Waals surface area contributed by atoms with Gasteiger partial charge in [0.2, 0.25) is 5.91 Å². The van der Waals surface area contributed by atoms with Crippen LogP contribution in [0.1, 0.15) is 41.0 Å². The van der Waals surface area contributed by atoms with Crippen LogP contribution in [0.3, 0.4) is 0 Å². The minimum Gasteiger partial charge on any atom is -0.444 e. The molecule has 7 nitrogen and oxygen atoms in total. The zero-order valence-electron chi connectivity index (χ0n) is 13.3. The average Bonchev–Trinajstić information content (AvgIpc) is 2.57. The summed E-state index contributed by atoms with van der Waals surface area (Å²) in [5.74, 6) is -0.263. The van der Waals surface area contributed by atoms with Crippen molar-refractivity contribution in [1.29, 1.82) is 0 Å². The molecule has 0 aliphatic carbocycles. The van der Waals surface area contributed by atoms with Crippen molar-refractivity contribution < 1.29 is 24.5 Å². The summed E-state index contributed by atoms with van der Waals surface area (Å²) in [5, 5.41) is 22.8. The summed E-state index contributed by atoms with van der Waals surface area (Å²) in [7, 11) is 0. The number of nitrogens with zero attached hydrogens (tertiary/aromatic N) is 1. The van der Waals surface area contributed by atoms with E-state index in [4.69, 9.17) is 4.74 Å². The van der Waals surface area contributed by atoms with Gasteiger partial charge >= 0.3 is 6.09 Å². The predicted octanol–water partition coefficient (Wildman–Crippen LogP) is 0.242. The largest absolute Gasteiger partial charge is 0.444 e. The average molecular weight is 302 g/mol. The summed E-state index contributed by atoms with van der Waals surface area (Å²) in [6, 6.07) is -1.24. The highest BCUT2D eigenvalue weighted by atomic mass is 16.6. The molecule has 2 amide bonds. The summed E-state index contributed by atoms with van der Waals surface area (Å²) >= 11 is 0. The summed E-state index contributed by atoms with van der Waals surface area (Å²) in [4.78, 5) is 24.7. The van der Waals surface area contributed by atoms with E-state index in [1.165, 1.54) is 11.8 Å². The van der Waals surface area contributed by atoms with E-state index in [0.29, 0.717) is 6.42 Å². The number of aliphatic hydroxyl groups excluding tert-OH is 2. The van der Waals surface area contributed by atoms with Gasteiger partial charge in [-0.05, 0) is 27.2 Å². The second-order valence-corrected chi connectivity index (χ2v) is 6.35. The Bertz CT molecular complexity index is 393. The number of hydrogen-bond donors (Lipinski definition) is 3. The Labute approximate surface area is 125 Å². The third kappa shape index (κ3) is 4.31. The van der Waals surface area contributed by atoms with Gasteiger partial charge < -0.3 is 20.3 Å². The topological polar surface area (TPSA) is 99.1 Å². The van der Waals surface area contributed by atoms with Crippen LogP contribution in [0.15, 0.2) is 0 Å². The Kier molecular flexibility index (Phi) is 5.58. The third-order valence-electron chi connectivity index (χ3n) is 3.44. The zero-order valence-corrected chi connectivity index (χ0v) is 13.3. The summed E-state index contributed by atoms with van der Waals surface area (Å²) in [6.07, 6.45) is -2.29. The highest BCUT2D eigenvalue weighted by Gasteiger charge is 2.50. The molecule has 1 aliphatic rings. The predicted molar refractivity (Wildman–Crippen MR) is 76.6 cm³/mol. The first kappa shape index (κ1) is 17.7. The molecule has 122 valence electrons. The summed E-state index contributed by atoms with van der Waals surface area (Å²) in [5.41, 5.74) is -0.674. The van der Waals surface area contributed by atoms with Crippen LogP contribution in [-0.2, 0) is 9.53 Å². The molecule has 1 heterocycles. The van der Waals surface area contributed by atoms with Crippen LogP contribution in [0, 0.1) is 0 Å². The lowest BCUT2D eigenvalue weighted by molar-refractivity contribution is -0.119. The molecule has 3 N–H and O–H groups in total. The number of aliphatic hydroxyl groups is 2. The molecule has 0 bridgehead atoms. The second-order valence-electron chi connectivity index (χ2n) is 6.35. The summed E-state index contributed by atoms with van der Waals surface area (Å²) < 4.78 is 5.34. The van der Waals surface area contributed by atoms with E-state index >= 15 is 0 Å². The molecule has 7 heteroatoms. The minimum absolute atomic E-state index is 0.0727. The van der Waals surface area contributed by atoms with Crippen LogP contribution in [0.5, 0.6) is 0 Å². The van der Waals surface area contributed by atoms with Gasteiger partial charge in [0.15, 0.2) is 0 Å². The normalized spacial score (nSPS) is 29.4. The lowest BCUT2D eigenvalue weighted by atomic mass is 10.1. The highest BCUT2D eigenvalue weighted by Crippen LogP contribution is 2.29. The van der Waals surface area contributed by atoms with Crippen LogP contribution in [0.25, 0.3) is 0 Å². The van der Waals surface area contributed by atoms with E-state index in [0.717, 1.165) is 0 Å². The first-order valence-corrected chi connectivity index (χ1v) is 7.20. The van der Waals surface area contributed by atoms with Gasteiger partial charge in [0.1, 0.15) is 17.8 Å². The lowest BCUT2D eigenvalue weighted by Crippen LogP contribution is -2.50. The molecule has 4 atom stereocenters. The van der Waals surface area contributed by atoms with Crippen molar-refractivity contribution >= 4 is 12.0 Å². The second kappa shape index (κ2) is 6.62. The molecule has 0 spiro atoms. The zero-order chi connectivity index (χ0) is 16.4. The third-order valence-corrected chi connectivity index (χ3v) is 3.44. The fraction of sp³-hybridized carbons (Fsp3) is 0.857. The molecule has 0 aromatic rings. The molecule has 1 fully saturated rings. The Morgan fingerprint density at radius 3 is 2.14 bits per heavy atom. The van der Waals surface area contributed by atoms with E-state index in [1.807, 2.05) is 6.92 Å². The van der Waals surface area contributed by atoms with Crippen LogP contribution in [0.2, 0.25) is 0 Å². The standard InChI is InChI=1S/C14H26N2O5/c1-6-9-11(18)12(19)10(7-15-8(2)17)16(9)13(20)21-14(3,4)5/h9-12,18-19H,6-7H2,1-5H3,(H,15,17)/t9-,10-,11-,12-/m1/s1. The van der Waals surface area contributed by atoms with E-state index < -0.39 is 36.0 Å².